The van der Waals surface area contributed by atoms with Gasteiger partial charge >= 0.3 is 0 Å². The molecular formula is C23H19BrN4O2. The first-order valence-corrected chi connectivity index (χ1v) is 10.1. The number of amides is 1. The van der Waals surface area contributed by atoms with Crippen molar-refractivity contribution in [3.8, 4) is 22.8 Å². The summed E-state index contributed by atoms with van der Waals surface area (Å²) in [7, 11) is 1.60. The summed E-state index contributed by atoms with van der Waals surface area (Å²) in [5.41, 5.74) is 3.42. The molecule has 150 valence electrons. The Kier molecular flexibility index (Phi) is 5.63. The third kappa shape index (κ3) is 4.26. The molecule has 0 aliphatic heterocycles. The number of hydrogen-bond acceptors (Lipinski definition) is 4. The number of methoxy groups -OCH3 is 1. The van der Waals surface area contributed by atoms with Crippen molar-refractivity contribution < 1.29 is 9.53 Å². The van der Waals surface area contributed by atoms with Crippen LogP contribution in [0.3, 0.4) is 0 Å². The minimum Gasteiger partial charge on any atom is -0.497 e. The predicted molar refractivity (Wildman–Crippen MR) is 120 cm³/mol. The van der Waals surface area contributed by atoms with Crippen molar-refractivity contribution in [1.82, 2.24) is 14.8 Å². The second kappa shape index (κ2) is 8.51. The lowest BCUT2D eigenvalue weighted by atomic mass is 10.2. The number of aryl methyl sites for hydroxylation is 1. The molecule has 1 amide bonds. The molecule has 0 saturated carbocycles. The second-order valence-electron chi connectivity index (χ2n) is 6.70. The molecule has 3 aromatic carbocycles. The van der Waals surface area contributed by atoms with E-state index >= 15 is 0 Å². The molecular weight excluding hydrogens is 444 g/mol. The Hall–Kier alpha value is -3.45. The number of anilines is 1. The highest BCUT2D eigenvalue weighted by atomic mass is 79.9. The molecule has 1 heterocycles. The molecule has 0 aliphatic rings. The van der Waals surface area contributed by atoms with Crippen LogP contribution in [0.2, 0.25) is 0 Å². The molecule has 6 nitrogen and oxygen atoms in total. The van der Waals surface area contributed by atoms with Gasteiger partial charge < -0.3 is 10.1 Å². The summed E-state index contributed by atoms with van der Waals surface area (Å²) in [5.74, 6) is 1.01. The standard InChI is InChI=1S/C23H19BrN4O2/c1-15-4-3-5-19(14-15)28-22(16-6-8-17(24)9-7-16)26-21(27-28)23(29)25-18-10-12-20(30-2)13-11-18/h3-14H,1-2H3,(H,25,29). The van der Waals surface area contributed by atoms with Crippen molar-refractivity contribution in [2.24, 2.45) is 0 Å². The van der Waals surface area contributed by atoms with Crippen LogP contribution in [0, 0.1) is 6.92 Å². The van der Waals surface area contributed by atoms with Crippen LogP contribution >= 0.6 is 15.9 Å². The van der Waals surface area contributed by atoms with Gasteiger partial charge in [0.1, 0.15) is 5.75 Å². The maximum atomic E-state index is 12.8. The monoisotopic (exact) mass is 462 g/mol. The smallest absolute Gasteiger partial charge is 0.295 e. The molecule has 4 aromatic rings. The fourth-order valence-electron chi connectivity index (χ4n) is 3.00. The van der Waals surface area contributed by atoms with Crippen LogP contribution in [0.25, 0.3) is 17.1 Å². The Morgan fingerprint density at radius 2 is 1.77 bits per heavy atom. The van der Waals surface area contributed by atoms with Crippen molar-refractivity contribution in [2.45, 2.75) is 6.92 Å². The molecule has 7 heteroatoms. The summed E-state index contributed by atoms with van der Waals surface area (Å²) in [5, 5.41) is 7.34. The number of halogens is 1. The molecule has 0 spiro atoms. The Labute approximate surface area is 182 Å². The van der Waals surface area contributed by atoms with E-state index in [1.807, 2.05) is 55.5 Å². The predicted octanol–water partition coefficient (Wildman–Crippen LogP) is 5.27. The molecule has 0 saturated heterocycles. The Bertz CT molecular complexity index is 1180. The minimum absolute atomic E-state index is 0.0882. The highest BCUT2D eigenvalue weighted by Gasteiger charge is 2.19. The van der Waals surface area contributed by atoms with Gasteiger partial charge in [-0.05, 0) is 61.0 Å². The molecule has 1 aromatic heterocycles. The number of nitrogens with one attached hydrogen (secondary N) is 1. The first-order valence-electron chi connectivity index (χ1n) is 9.29. The molecule has 0 aliphatic carbocycles. The van der Waals surface area contributed by atoms with Crippen LogP contribution in [0.5, 0.6) is 5.75 Å². The fraction of sp³-hybridized carbons (Fsp3) is 0.0870. The molecule has 0 fully saturated rings. The first-order chi connectivity index (χ1) is 14.5. The largest absolute Gasteiger partial charge is 0.497 e. The summed E-state index contributed by atoms with van der Waals surface area (Å²) >= 11 is 3.45. The van der Waals surface area contributed by atoms with E-state index in [1.54, 1.807) is 36.1 Å². The summed E-state index contributed by atoms with van der Waals surface area (Å²) < 4.78 is 7.81. The average Bonchev–Trinajstić information content (AvgIpc) is 3.20. The number of benzene rings is 3. The highest BCUT2D eigenvalue weighted by molar-refractivity contribution is 9.10. The number of carbonyl (C=O) groups is 1. The SMILES string of the molecule is COc1ccc(NC(=O)c2nc(-c3ccc(Br)cc3)n(-c3cccc(C)c3)n2)cc1. The van der Waals surface area contributed by atoms with Gasteiger partial charge in [0.15, 0.2) is 5.82 Å². The molecule has 30 heavy (non-hydrogen) atoms. The molecule has 0 unspecified atom stereocenters. The minimum atomic E-state index is -0.384. The van der Waals surface area contributed by atoms with Gasteiger partial charge in [0, 0.05) is 15.7 Å². The van der Waals surface area contributed by atoms with Crippen LogP contribution in [0.4, 0.5) is 5.69 Å². The van der Waals surface area contributed by atoms with Gasteiger partial charge in [-0.1, -0.05) is 40.2 Å². The van der Waals surface area contributed by atoms with Gasteiger partial charge in [-0.3, -0.25) is 4.79 Å². The van der Waals surface area contributed by atoms with Crippen molar-refractivity contribution >= 4 is 27.5 Å². The van der Waals surface area contributed by atoms with Crippen LogP contribution < -0.4 is 10.1 Å². The lowest BCUT2D eigenvalue weighted by Gasteiger charge is -2.07. The molecule has 0 bridgehead atoms. The number of carbonyl (C=O) groups excluding carboxylic acids is 1. The van der Waals surface area contributed by atoms with Crippen LogP contribution in [-0.4, -0.2) is 27.8 Å². The zero-order valence-electron chi connectivity index (χ0n) is 16.5. The fourth-order valence-corrected chi connectivity index (χ4v) is 3.26. The third-order valence-corrected chi connectivity index (χ3v) is 5.04. The van der Waals surface area contributed by atoms with E-state index in [4.69, 9.17) is 4.74 Å². The Morgan fingerprint density at radius 1 is 1.03 bits per heavy atom. The zero-order valence-corrected chi connectivity index (χ0v) is 18.1. The maximum absolute atomic E-state index is 12.8. The maximum Gasteiger partial charge on any atom is 0.295 e. The number of rotatable bonds is 5. The Balaban J connectivity index is 1.72. The third-order valence-electron chi connectivity index (χ3n) is 4.51. The topological polar surface area (TPSA) is 69.0 Å². The van der Waals surface area contributed by atoms with Gasteiger partial charge in [0.2, 0.25) is 5.82 Å². The van der Waals surface area contributed by atoms with Gasteiger partial charge in [-0.15, -0.1) is 5.10 Å². The summed E-state index contributed by atoms with van der Waals surface area (Å²) in [4.78, 5) is 17.4. The van der Waals surface area contributed by atoms with Gasteiger partial charge in [-0.25, -0.2) is 9.67 Å². The van der Waals surface area contributed by atoms with Crippen LogP contribution in [-0.2, 0) is 0 Å². The average molecular weight is 463 g/mol. The van der Waals surface area contributed by atoms with Crippen molar-refractivity contribution in [2.75, 3.05) is 12.4 Å². The highest BCUT2D eigenvalue weighted by Crippen LogP contribution is 2.24. The normalized spacial score (nSPS) is 10.6. The van der Waals surface area contributed by atoms with E-state index in [0.29, 0.717) is 17.3 Å². The van der Waals surface area contributed by atoms with Crippen LogP contribution in [0.15, 0.2) is 77.3 Å². The molecule has 4 rings (SSSR count). The van der Waals surface area contributed by atoms with Crippen molar-refractivity contribution in [1.29, 1.82) is 0 Å². The first kappa shape index (κ1) is 19.8. The van der Waals surface area contributed by atoms with Gasteiger partial charge in [0.05, 0.1) is 12.8 Å². The Morgan fingerprint density at radius 3 is 2.43 bits per heavy atom. The van der Waals surface area contributed by atoms with E-state index in [1.165, 1.54) is 0 Å². The van der Waals surface area contributed by atoms with Crippen LogP contribution in [0.1, 0.15) is 16.2 Å². The number of nitrogens with zero attached hydrogens (tertiary/aromatic N) is 3. The van der Waals surface area contributed by atoms with E-state index in [9.17, 15) is 4.79 Å². The van der Waals surface area contributed by atoms with E-state index < -0.39 is 0 Å². The van der Waals surface area contributed by atoms with E-state index in [2.05, 4.69) is 31.3 Å². The molecule has 0 atom stereocenters. The van der Waals surface area contributed by atoms with Gasteiger partial charge in [-0.2, -0.15) is 0 Å². The van der Waals surface area contributed by atoms with Gasteiger partial charge in [0.25, 0.3) is 5.91 Å². The molecule has 1 N–H and O–H groups in total. The summed E-state index contributed by atoms with van der Waals surface area (Å²) in [6, 6.07) is 22.7. The number of aromatic nitrogens is 3. The lowest BCUT2D eigenvalue weighted by Crippen LogP contribution is -2.14. The second-order valence-corrected chi connectivity index (χ2v) is 7.62. The summed E-state index contributed by atoms with van der Waals surface area (Å²) in [6.07, 6.45) is 0. The van der Waals surface area contributed by atoms with Crippen molar-refractivity contribution in [3.63, 3.8) is 0 Å². The van der Waals surface area contributed by atoms with Crippen molar-refractivity contribution in [3.05, 3.63) is 88.7 Å². The van der Waals surface area contributed by atoms with E-state index in [0.717, 1.165) is 21.3 Å². The number of ether oxygens (including phenoxy) is 1. The molecule has 0 radical (unpaired) electrons. The quantitative estimate of drug-likeness (QED) is 0.438. The zero-order chi connectivity index (χ0) is 21.1. The van der Waals surface area contributed by atoms with E-state index in [-0.39, 0.29) is 11.7 Å². The summed E-state index contributed by atoms with van der Waals surface area (Å²) in [6.45, 7) is 2.01. The lowest BCUT2D eigenvalue weighted by molar-refractivity contribution is 0.101. The number of hydrogen-bond donors (Lipinski definition) is 1.